The number of hydrogen-bond donors (Lipinski definition) is 0. The first-order valence-electron chi connectivity index (χ1n) is 7.04. The van der Waals surface area contributed by atoms with Crippen LogP contribution in [0.1, 0.15) is 52.4 Å². The SMILES string of the molecule is CCCCCCC[C@@H]1OC(C(F)(F)F)(C(F)(F)F)O[C@@H]1C. The molecule has 2 nitrogen and oxygen atoms in total. The van der Waals surface area contributed by atoms with Crippen molar-refractivity contribution in [1.29, 1.82) is 0 Å². The lowest BCUT2D eigenvalue weighted by atomic mass is 10.1. The fourth-order valence-corrected chi connectivity index (χ4v) is 2.35. The highest BCUT2D eigenvalue weighted by molar-refractivity contribution is 4.95. The molecule has 0 N–H and O–H groups in total. The van der Waals surface area contributed by atoms with Gasteiger partial charge in [0.25, 0.3) is 0 Å². The number of rotatable bonds is 6. The number of alkyl halides is 6. The van der Waals surface area contributed by atoms with Crippen molar-refractivity contribution in [3.63, 3.8) is 0 Å². The van der Waals surface area contributed by atoms with Crippen molar-refractivity contribution in [2.45, 2.75) is 82.7 Å². The Hall–Kier alpha value is -0.500. The molecule has 126 valence electrons. The Kier molecular flexibility index (Phi) is 5.94. The molecule has 0 bridgehead atoms. The number of hydrogen-bond acceptors (Lipinski definition) is 2. The largest absolute Gasteiger partial charge is 0.453 e. The first-order chi connectivity index (χ1) is 9.55. The predicted molar refractivity (Wildman–Crippen MR) is 63.6 cm³/mol. The molecule has 21 heavy (non-hydrogen) atoms. The molecule has 0 aromatic heterocycles. The fraction of sp³-hybridized carbons (Fsp3) is 1.00. The van der Waals surface area contributed by atoms with E-state index < -0.39 is 30.3 Å². The maximum absolute atomic E-state index is 12.8. The zero-order valence-corrected chi connectivity index (χ0v) is 12.0. The van der Waals surface area contributed by atoms with Crippen molar-refractivity contribution in [2.24, 2.45) is 0 Å². The van der Waals surface area contributed by atoms with Crippen LogP contribution in [-0.4, -0.2) is 30.3 Å². The lowest BCUT2D eigenvalue weighted by Gasteiger charge is -2.31. The Balaban J connectivity index is 2.68. The van der Waals surface area contributed by atoms with E-state index >= 15 is 0 Å². The molecule has 1 rings (SSSR count). The first-order valence-corrected chi connectivity index (χ1v) is 7.04. The van der Waals surface area contributed by atoms with Crippen LogP contribution in [-0.2, 0) is 9.47 Å². The lowest BCUT2D eigenvalue weighted by molar-refractivity contribution is -0.445. The average Bonchev–Trinajstić information content (AvgIpc) is 2.67. The summed E-state index contributed by atoms with van der Waals surface area (Å²) >= 11 is 0. The second-order valence-electron chi connectivity index (χ2n) is 5.29. The van der Waals surface area contributed by atoms with Gasteiger partial charge in [0.1, 0.15) is 0 Å². The molecule has 1 saturated heterocycles. The van der Waals surface area contributed by atoms with Crippen LogP contribution in [0.4, 0.5) is 26.3 Å². The van der Waals surface area contributed by atoms with Crippen molar-refractivity contribution in [3.8, 4) is 0 Å². The monoisotopic (exact) mass is 322 g/mol. The van der Waals surface area contributed by atoms with Crippen LogP contribution in [0, 0.1) is 0 Å². The highest BCUT2D eigenvalue weighted by atomic mass is 19.4. The van der Waals surface area contributed by atoms with Gasteiger partial charge in [0, 0.05) is 0 Å². The maximum Gasteiger partial charge on any atom is 0.453 e. The van der Waals surface area contributed by atoms with Crippen molar-refractivity contribution in [2.75, 3.05) is 0 Å². The van der Waals surface area contributed by atoms with Crippen LogP contribution in [0.5, 0.6) is 0 Å². The number of halogens is 6. The molecular formula is C13H20F6O2. The van der Waals surface area contributed by atoms with Crippen LogP contribution in [0.25, 0.3) is 0 Å². The summed E-state index contributed by atoms with van der Waals surface area (Å²) in [5.41, 5.74) is 0. The van der Waals surface area contributed by atoms with Crippen LogP contribution in [0.3, 0.4) is 0 Å². The summed E-state index contributed by atoms with van der Waals surface area (Å²) < 4.78 is 85.2. The Bertz CT molecular complexity index is 312. The Labute approximate surface area is 119 Å². The summed E-state index contributed by atoms with van der Waals surface area (Å²) in [7, 11) is 0. The molecule has 1 heterocycles. The molecule has 0 amide bonds. The molecule has 0 aromatic carbocycles. The molecule has 0 unspecified atom stereocenters. The van der Waals surface area contributed by atoms with Gasteiger partial charge >= 0.3 is 18.1 Å². The van der Waals surface area contributed by atoms with E-state index in [0.717, 1.165) is 25.7 Å². The molecule has 2 atom stereocenters. The van der Waals surface area contributed by atoms with Crippen molar-refractivity contribution >= 4 is 0 Å². The van der Waals surface area contributed by atoms with Gasteiger partial charge in [-0.15, -0.1) is 0 Å². The van der Waals surface area contributed by atoms with Crippen LogP contribution >= 0.6 is 0 Å². The summed E-state index contributed by atoms with van der Waals surface area (Å²) in [6, 6.07) is 0. The second kappa shape index (κ2) is 6.73. The highest BCUT2D eigenvalue weighted by Gasteiger charge is 2.78. The Morgan fingerprint density at radius 3 is 1.81 bits per heavy atom. The third-order valence-electron chi connectivity index (χ3n) is 3.53. The zero-order valence-electron chi connectivity index (χ0n) is 12.0. The molecule has 0 radical (unpaired) electrons. The van der Waals surface area contributed by atoms with E-state index in [1.807, 2.05) is 6.92 Å². The molecular weight excluding hydrogens is 302 g/mol. The molecule has 8 heteroatoms. The predicted octanol–water partition coefficient (Wildman–Crippen LogP) is 4.97. The third kappa shape index (κ3) is 4.03. The molecule has 0 spiro atoms. The van der Waals surface area contributed by atoms with E-state index in [-0.39, 0.29) is 6.42 Å². The van der Waals surface area contributed by atoms with E-state index in [9.17, 15) is 26.3 Å². The Morgan fingerprint density at radius 1 is 0.857 bits per heavy atom. The molecule has 1 aliphatic heterocycles. The smallest absolute Gasteiger partial charge is 0.330 e. The van der Waals surface area contributed by atoms with Gasteiger partial charge in [0.15, 0.2) is 0 Å². The van der Waals surface area contributed by atoms with E-state index in [2.05, 4.69) is 9.47 Å². The molecule has 0 aliphatic carbocycles. The molecule has 1 fully saturated rings. The van der Waals surface area contributed by atoms with E-state index in [0.29, 0.717) is 6.42 Å². The number of ether oxygens (including phenoxy) is 2. The standard InChI is InChI=1S/C13H20F6O2/c1-3-4-5-6-7-8-10-9(2)20-11(21-10,12(14,15)16)13(17,18)19/h9-10H,3-8H2,1-2H3/t9-,10+/m1/s1. The van der Waals surface area contributed by atoms with Gasteiger partial charge in [-0.1, -0.05) is 39.0 Å². The van der Waals surface area contributed by atoms with E-state index in [1.165, 1.54) is 6.92 Å². The van der Waals surface area contributed by atoms with Crippen molar-refractivity contribution < 1.29 is 35.8 Å². The average molecular weight is 322 g/mol. The van der Waals surface area contributed by atoms with Gasteiger partial charge in [-0.3, -0.25) is 0 Å². The molecule has 0 saturated carbocycles. The molecule has 1 aliphatic rings. The first kappa shape index (κ1) is 18.5. The van der Waals surface area contributed by atoms with Crippen LogP contribution in [0.2, 0.25) is 0 Å². The van der Waals surface area contributed by atoms with Crippen molar-refractivity contribution in [3.05, 3.63) is 0 Å². The summed E-state index contributed by atoms with van der Waals surface area (Å²) in [6.45, 7) is 3.19. The van der Waals surface area contributed by atoms with Gasteiger partial charge in [0.05, 0.1) is 12.2 Å². The van der Waals surface area contributed by atoms with Crippen LogP contribution in [0.15, 0.2) is 0 Å². The van der Waals surface area contributed by atoms with Gasteiger partial charge < -0.3 is 9.47 Å². The van der Waals surface area contributed by atoms with Crippen LogP contribution < -0.4 is 0 Å². The highest BCUT2D eigenvalue weighted by Crippen LogP contribution is 2.52. The minimum absolute atomic E-state index is 0.124. The quantitative estimate of drug-likeness (QED) is 0.508. The fourth-order valence-electron chi connectivity index (χ4n) is 2.35. The summed E-state index contributed by atoms with van der Waals surface area (Å²) in [4.78, 5) is 0. The normalized spacial score (nSPS) is 26.3. The molecule has 0 aromatic rings. The van der Waals surface area contributed by atoms with E-state index in [1.54, 1.807) is 0 Å². The topological polar surface area (TPSA) is 18.5 Å². The summed E-state index contributed by atoms with van der Waals surface area (Å²) in [6.07, 6.45) is -9.46. The minimum atomic E-state index is -5.66. The van der Waals surface area contributed by atoms with Gasteiger partial charge in [-0.2, -0.15) is 26.3 Å². The third-order valence-corrected chi connectivity index (χ3v) is 3.53. The van der Waals surface area contributed by atoms with Gasteiger partial charge in [-0.25, -0.2) is 0 Å². The van der Waals surface area contributed by atoms with Crippen molar-refractivity contribution in [1.82, 2.24) is 0 Å². The summed E-state index contributed by atoms with van der Waals surface area (Å²) in [5.74, 6) is -4.49. The zero-order chi connectivity index (χ0) is 16.3. The Morgan fingerprint density at radius 2 is 1.38 bits per heavy atom. The van der Waals surface area contributed by atoms with Gasteiger partial charge in [-0.05, 0) is 13.3 Å². The van der Waals surface area contributed by atoms with Gasteiger partial charge in [0.2, 0.25) is 0 Å². The minimum Gasteiger partial charge on any atom is -0.330 e. The number of unbranched alkanes of at least 4 members (excludes halogenated alkanes) is 4. The maximum atomic E-state index is 12.8. The lowest BCUT2D eigenvalue weighted by Crippen LogP contribution is -2.58. The van der Waals surface area contributed by atoms with E-state index in [4.69, 9.17) is 0 Å². The second-order valence-corrected chi connectivity index (χ2v) is 5.29. The summed E-state index contributed by atoms with van der Waals surface area (Å²) in [5, 5.41) is 0.